The van der Waals surface area contributed by atoms with Crippen LogP contribution in [0.5, 0.6) is 0 Å². The maximum absolute atomic E-state index is 9.50. The number of rotatable bonds is 10. The van der Waals surface area contributed by atoms with Crippen molar-refractivity contribution in [1.29, 1.82) is 5.26 Å². The van der Waals surface area contributed by atoms with E-state index in [9.17, 15) is 5.26 Å². The molecule has 4 aromatic rings. The molecule has 0 radical (unpaired) electrons. The average Bonchev–Trinajstić information content (AvgIpc) is 3.38. The van der Waals surface area contributed by atoms with Crippen LogP contribution in [0.1, 0.15) is 42.5 Å². The van der Waals surface area contributed by atoms with Crippen LogP contribution in [0, 0.1) is 11.3 Å². The summed E-state index contributed by atoms with van der Waals surface area (Å²) >= 11 is 3.56. The number of nitriles is 1. The number of unbranched alkanes of at least 4 members (excludes halogenated alkanes) is 1. The smallest absolute Gasteiger partial charge is 0.177 e. The molecule has 0 fully saturated rings. The Morgan fingerprint density at radius 1 is 1.12 bits per heavy atom. The van der Waals surface area contributed by atoms with Crippen molar-refractivity contribution in [1.82, 2.24) is 14.8 Å². The van der Waals surface area contributed by atoms with E-state index in [1.54, 1.807) is 13.2 Å². The van der Waals surface area contributed by atoms with Crippen LogP contribution in [-0.4, -0.2) is 28.7 Å². The minimum absolute atomic E-state index is 0.206. The van der Waals surface area contributed by atoms with Crippen molar-refractivity contribution >= 4 is 26.7 Å². The van der Waals surface area contributed by atoms with E-state index < -0.39 is 0 Å². The van der Waals surface area contributed by atoms with Crippen LogP contribution in [0.4, 0.5) is 0 Å². The summed E-state index contributed by atoms with van der Waals surface area (Å²) in [5.41, 5.74) is 2.45. The second-order valence-corrected chi connectivity index (χ2v) is 8.44. The van der Waals surface area contributed by atoms with Gasteiger partial charge in [-0.3, -0.25) is 0 Å². The van der Waals surface area contributed by atoms with Gasteiger partial charge in [0.25, 0.3) is 0 Å². The highest BCUT2D eigenvalue weighted by Gasteiger charge is 2.18. The van der Waals surface area contributed by atoms with Crippen LogP contribution in [0.15, 0.2) is 51.6 Å². The van der Waals surface area contributed by atoms with E-state index in [0.717, 1.165) is 52.8 Å². The molecule has 0 aliphatic rings. The van der Waals surface area contributed by atoms with Gasteiger partial charge in [-0.25, -0.2) is 0 Å². The molecule has 0 saturated carbocycles. The van der Waals surface area contributed by atoms with Crippen molar-refractivity contribution in [3.63, 3.8) is 0 Å². The fourth-order valence-electron chi connectivity index (χ4n) is 3.81. The molecule has 0 spiro atoms. The molecule has 0 bridgehead atoms. The molecule has 7 nitrogen and oxygen atoms in total. The number of aromatic nitrogens is 3. The van der Waals surface area contributed by atoms with E-state index in [2.05, 4.69) is 55.8 Å². The molecular weight excluding hydrogens is 484 g/mol. The van der Waals surface area contributed by atoms with Crippen molar-refractivity contribution < 1.29 is 13.9 Å². The van der Waals surface area contributed by atoms with Crippen LogP contribution in [0.3, 0.4) is 0 Å². The van der Waals surface area contributed by atoms with Gasteiger partial charge in [-0.15, -0.1) is 10.2 Å². The Labute approximate surface area is 201 Å². The Kier molecular flexibility index (Phi) is 7.55. The number of nitrogens with zero attached hydrogens (tertiary/aromatic N) is 4. The summed E-state index contributed by atoms with van der Waals surface area (Å²) in [6.07, 6.45) is 2.99. The zero-order chi connectivity index (χ0) is 23.2. The minimum Gasteiger partial charge on any atom is -0.448 e. The summed E-state index contributed by atoms with van der Waals surface area (Å²) in [6.45, 7) is 3.32. The SMILES string of the molecule is CCCCc1nnc(COCOC)n1Cc1ccc2c(-c3ccccc3C#N)oc(Br)c2c1. The molecule has 33 heavy (non-hydrogen) atoms. The minimum atomic E-state index is 0.206. The van der Waals surface area contributed by atoms with Gasteiger partial charge in [-0.2, -0.15) is 5.26 Å². The zero-order valence-corrected chi connectivity index (χ0v) is 20.3. The molecule has 0 aliphatic heterocycles. The van der Waals surface area contributed by atoms with Crippen molar-refractivity contribution in [2.24, 2.45) is 0 Å². The standard InChI is InChI=1S/C25H25BrN4O3/c1-3-4-9-22-28-29-23(15-32-16-31-2)30(22)14-17-10-11-20-21(12-17)25(26)33-24(20)19-8-6-5-7-18(19)13-27/h5-8,10-12H,3-4,9,14-16H2,1-2H3. The quantitative estimate of drug-likeness (QED) is 0.197. The molecule has 2 aromatic carbocycles. The molecule has 0 saturated heterocycles. The van der Waals surface area contributed by atoms with Crippen LogP contribution < -0.4 is 0 Å². The fourth-order valence-corrected chi connectivity index (χ4v) is 4.30. The third-order valence-corrected chi connectivity index (χ3v) is 6.04. The van der Waals surface area contributed by atoms with Crippen LogP contribution >= 0.6 is 15.9 Å². The lowest BCUT2D eigenvalue weighted by molar-refractivity contribution is -0.0420. The Bertz CT molecular complexity index is 1290. The van der Waals surface area contributed by atoms with Crippen molar-refractivity contribution in [2.75, 3.05) is 13.9 Å². The molecule has 2 heterocycles. The van der Waals surface area contributed by atoms with E-state index >= 15 is 0 Å². The molecule has 0 atom stereocenters. The van der Waals surface area contributed by atoms with Gasteiger partial charge >= 0.3 is 0 Å². The van der Waals surface area contributed by atoms with Crippen molar-refractivity contribution in [2.45, 2.75) is 39.3 Å². The van der Waals surface area contributed by atoms with Gasteiger partial charge in [-0.1, -0.05) is 37.6 Å². The summed E-state index contributed by atoms with van der Waals surface area (Å²) in [4.78, 5) is 0. The lowest BCUT2D eigenvalue weighted by Crippen LogP contribution is -2.11. The third kappa shape index (κ3) is 5.01. The highest BCUT2D eigenvalue weighted by atomic mass is 79.9. The summed E-state index contributed by atoms with van der Waals surface area (Å²) in [6, 6.07) is 15.9. The number of benzene rings is 2. The maximum Gasteiger partial charge on any atom is 0.177 e. The number of aryl methyl sites for hydroxylation is 1. The lowest BCUT2D eigenvalue weighted by Gasteiger charge is -2.11. The number of ether oxygens (including phenoxy) is 2. The molecule has 170 valence electrons. The van der Waals surface area contributed by atoms with Crippen LogP contribution in [0.2, 0.25) is 0 Å². The average molecular weight is 509 g/mol. The Morgan fingerprint density at radius 2 is 1.94 bits per heavy atom. The van der Waals surface area contributed by atoms with Gasteiger partial charge in [0.05, 0.1) is 18.2 Å². The fraction of sp³-hybridized carbons (Fsp3) is 0.320. The summed E-state index contributed by atoms with van der Waals surface area (Å²) < 4.78 is 19.3. The summed E-state index contributed by atoms with van der Waals surface area (Å²) in [5.74, 6) is 2.40. The first-order valence-corrected chi connectivity index (χ1v) is 11.6. The molecule has 0 unspecified atom stereocenters. The topological polar surface area (TPSA) is 86.1 Å². The normalized spacial score (nSPS) is 11.2. The zero-order valence-electron chi connectivity index (χ0n) is 18.7. The monoisotopic (exact) mass is 508 g/mol. The lowest BCUT2D eigenvalue weighted by atomic mass is 10.0. The van der Waals surface area contributed by atoms with Gasteiger partial charge in [0, 0.05) is 29.9 Å². The predicted octanol–water partition coefficient (Wildman–Crippen LogP) is 5.84. The molecule has 2 aromatic heterocycles. The molecular formula is C25H25BrN4O3. The van der Waals surface area contributed by atoms with E-state index in [1.165, 1.54) is 0 Å². The second kappa shape index (κ2) is 10.8. The van der Waals surface area contributed by atoms with Gasteiger partial charge in [-0.05, 0) is 46.1 Å². The molecule has 0 amide bonds. The molecule has 8 heteroatoms. The van der Waals surface area contributed by atoms with Gasteiger partial charge in [0.2, 0.25) is 0 Å². The van der Waals surface area contributed by atoms with Crippen molar-refractivity contribution in [3.05, 3.63) is 69.9 Å². The van der Waals surface area contributed by atoms with Gasteiger partial charge < -0.3 is 18.5 Å². The summed E-state index contributed by atoms with van der Waals surface area (Å²) in [7, 11) is 1.60. The third-order valence-electron chi connectivity index (χ3n) is 5.46. The van der Waals surface area contributed by atoms with Crippen LogP contribution in [0.25, 0.3) is 22.1 Å². The Morgan fingerprint density at radius 3 is 2.73 bits per heavy atom. The molecule has 0 N–H and O–H groups in total. The highest BCUT2D eigenvalue weighted by molar-refractivity contribution is 9.10. The number of hydrogen-bond acceptors (Lipinski definition) is 6. The van der Waals surface area contributed by atoms with E-state index in [-0.39, 0.29) is 6.79 Å². The number of furan rings is 1. The second-order valence-electron chi connectivity index (χ2n) is 7.72. The molecule has 4 rings (SSSR count). The number of fused-ring (bicyclic) bond motifs is 1. The van der Waals surface area contributed by atoms with E-state index in [1.807, 2.05) is 24.3 Å². The summed E-state index contributed by atoms with van der Waals surface area (Å²) in [5, 5.41) is 20.2. The van der Waals surface area contributed by atoms with E-state index in [0.29, 0.717) is 29.1 Å². The predicted molar refractivity (Wildman–Crippen MR) is 128 cm³/mol. The van der Waals surface area contributed by atoms with E-state index in [4.69, 9.17) is 13.9 Å². The van der Waals surface area contributed by atoms with Gasteiger partial charge in [0.15, 0.2) is 10.5 Å². The maximum atomic E-state index is 9.50. The molecule has 0 aliphatic carbocycles. The number of halogens is 1. The number of methoxy groups -OCH3 is 1. The Balaban J connectivity index is 1.69. The first kappa shape index (κ1) is 23.2. The Hall–Kier alpha value is -2.99. The first-order chi connectivity index (χ1) is 16.2. The largest absolute Gasteiger partial charge is 0.448 e. The van der Waals surface area contributed by atoms with Gasteiger partial charge in [0.1, 0.15) is 25.0 Å². The first-order valence-electron chi connectivity index (χ1n) is 10.8. The highest BCUT2D eigenvalue weighted by Crippen LogP contribution is 2.38. The van der Waals surface area contributed by atoms with Crippen molar-refractivity contribution in [3.8, 4) is 17.4 Å². The number of hydrogen-bond donors (Lipinski definition) is 0. The van der Waals surface area contributed by atoms with Crippen LogP contribution in [-0.2, 0) is 29.0 Å².